The van der Waals surface area contributed by atoms with Crippen molar-refractivity contribution in [3.8, 4) is 0 Å². The summed E-state index contributed by atoms with van der Waals surface area (Å²) in [5.41, 5.74) is 0. The lowest BCUT2D eigenvalue weighted by atomic mass is 10.3. The zero-order valence-electron chi connectivity index (χ0n) is 6.72. The molecule has 0 aromatic rings. The van der Waals surface area contributed by atoms with Gasteiger partial charge in [0.25, 0.3) is 0 Å². The van der Waals surface area contributed by atoms with Crippen molar-refractivity contribution in [3.05, 3.63) is 0 Å². The van der Waals surface area contributed by atoms with Crippen molar-refractivity contribution in [2.75, 3.05) is 13.1 Å². The minimum absolute atomic E-state index is 0.126. The molecular formula is C8H11Cl2NO. The maximum Gasteiger partial charge on any atom is 0.228 e. The molecule has 0 aromatic heterocycles. The lowest BCUT2D eigenvalue weighted by Gasteiger charge is -2.14. The zero-order chi connectivity index (χ0) is 8.77. The van der Waals surface area contributed by atoms with Gasteiger partial charge in [0.15, 0.2) is 0 Å². The van der Waals surface area contributed by atoms with Crippen molar-refractivity contribution in [2.24, 2.45) is 5.92 Å². The van der Waals surface area contributed by atoms with Gasteiger partial charge in [0, 0.05) is 13.1 Å². The normalized spacial score (nSPS) is 32.2. The van der Waals surface area contributed by atoms with Gasteiger partial charge in [-0.2, -0.15) is 0 Å². The molecule has 1 saturated heterocycles. The molecule has 1 saturated carbocycles. The highest BCUT2D eigenvalue weighted by Crippen LogP contribution is 2.54. The maximum atomic E-state index is 11.6. The summed E-state index contributed by atoms with van der Waals surface area (Å²) < 4.78 is -0.750. The van der Waals surface area contributed by atoms with E-state index in [2.05, 4.69) is 0 Å². The Hall–Kier alpha value is 0.0500. The molecule has 4 heteroatoms. The van der Waals surface area contributed by atoms with Gasteiger partial charge in [0.1, 0.15) is 4.33 Å². The van der Waals surface area contributed by atoms with Crippen molar-refractivity contribution >= 4 is 29.1 Å². The van der Waals surface area contributed by atoms with Crippen molar-refractivity contribution in [3.63, 3.8) is 0 Å². The number of carbonyl (C=O) groups excluding carboxylic acids is 1. The van der Waals surface area contributed by atoms with E-state index in [4.69, 9.17) is 23.2 Å². The number of amides is 1. The number of nitrogens with zero attached hydrogens (tertiary/aromatic N) is 1. The third kappa shape index (κ3) is 1.42. The van der Waals surface area contributed by atoms with Crippen LogP contribution in [0.4, 0.5) is 0 Å². The van der Waals surface area contributed by atoms with Crippen molar-refractivity contribution < 1.29 is 4.79 Å². The molecular weight excluding hydrogens is 197 g/mol. The number of rotatable bonds is 1. The van der Waals surface area contributed by atoms with Crippen molar-refractivity contribution in [1.29, 1.82) is 0 Å². The van der Waals surface area contributed by atoms with Gasteiger partial charge in [0.2, 0.25) is 5.91 Å². The molecule has 2 fully saturated rings. The largest absolute Gasteiger partial charge is 0.342 e. The second-order valence-electron chi connectivity index (χ2n) is 3.55. The van der Waals surface area contributed by atoms with E-state index >= 15 is 0 Å². The van der Waals surface area contributed by atoms with Crippen LogP contribution >= 0.6 is 23.2 Å². The minimum atomic E-state index is -0.750. The molecule has 0 radical (unpaired) electrons. The molecule has 2 rings (SSSR count). The fourth-order valence-electron chi connectivity index (χ4n) is 1.64. The molecule has 2 aliphatic rings. The van der Waals surface area contributed by atoms with Gasteiger partial charge >= 0.3 is 0 Å². The summed E-state index contributed by atoms with van der Waals surface area (Å²) in [6.45, 7) is 1.78. The summed E-state index contributed by atoms with van der Waals surface area (Å²) in [4.78, 5) is 13.5. The number of hydrogen-bond donors (Lipinski definition) is 0. The Morgan fingerprint density at radius 1 is 1.33 bits per heavy atom. The lowest BCUT2D eigenvalue weighted by molar-refractivity contribution is -0.131. The summed E-state index contributed by atoms with van der Waals surface area (Å²) in [5, 5.41) is 0. The monoisotopic (exact) mass is 207 g/mol. The predicted octanol–water partition coefficient (Wildman–Crippen LogP) is 1.80. The van der Waals surface area contributed by atoms with E-state index in [-0.39, 0.29) is 11.8 Å². The van der Waals surface area contributed by atoms with Crippen LogP contribution in [-0.2, 0) is 4.79 Å². The average molecular weight is 208 g/mol. The molecule has 1 atom stereocenters. The van der Waals surface area contributed by atoms with Crippen LogP contribution in [0.2, 0.25) is 0 Å². The first-order valence-electron chi connectivity index (χ1n) is 4.28. The second kappa shape index (κ2) is 2.78. The van der Waals surface area contributed by atoms with E-state index in [1.54, 1.807) is 0 Å². The maximum absolute atomic E-state index is 11.6. The van der Waals surface area contributed by atoms with E-state index in [9.17, 15) is 4.79 Å². The Labute approximate surface area is 81.8 Å². The highest BCUT2D eigenvalue weighted by molar-refractivity contribution is 6.52. The van der Waals surface area contributed by atoms with Crippen molar-refractivity contribution in [2.45, 2.75) is 23.6 Å². The van der Waals surface area contributed by atoms with Crippen LogP contribution in [0.5, 0.6) is 0 Å². The van der Waals surface area contributed by atoms with E-state index in [1.165, 1.54) is 0 Å². The Morgan fingerprint density at radius 3 is 2.25 bits per heavy atom. The quantitative estimate of drug-likeness (QED) is 0.601. The lowest BCUT2D eigenvalue weighted by Crippen LogP contribution is -2.30. The molecule has 0 N–H and O–H groups in total. The zero-order valence-corrected chi connectivity index (χ0v) is 8.24. The second-order valence-corrected chi connectivity index (χ2v) is 5.09. The number of likely N-dealkylation sites (tertiary alicyclic amines) is 1. The van der Waals surface area contributed by atoms with E-state index in [1.807, 2.05) is 4.90 Å². The van der Waals surface area contributed by atoms with Gasteiger partial charge in [-0.1, -0.05) is 0 Å². The summed E-state index contributed by atoms with van der Waals surface area (Å²) in [5.74, 6) is 0.0245. The van der Waals surface area contributed by atoms with Gasteiger partial charge in [-0.15, -0.1) is 23.2 Å². The van der Waals surface area contributed by atoms with Gasteiger partial charge in [-0.25, -0.2) is 0 Å². The molecule has 12 heavy (non-hydrogen) atoms. The molecule has 2 nitrogen and oxygen atoms in total. The number of alkyl halides is 2. The van der Waals surface area contributed by atoms with Crippen LogP contribution in [0, 0.1) is 5.92 Å². The molecule has 0 aromatic carbocycles. The highest BCUT2D eigenvalue weighted by Gasteiger charge is 2.57. The fourth-order valence-corrected chi connectivity index (χ4v) is 2.13. The number of hydrogen-bond acceptors (Lipinski definition) is 1. The summed E-state index contributed by atoms with van der Waals surface area (Å²) >= 11 is 11.6. The van der Waals surface area contributed by atoms with Crippen LogP contribution in [-0.4, -0.2) is 28.2 Å². The predicted molar refractivity (Wildman–Crippen MR) is 48.4 cm³/mol. The highest BCUT2D eigenvalue weighted by atomic mass is 35.5. The molecule has 0 bridgehead atoms. The van der Waals surface area contributed by atoms with Gasteiger partial charge in [-0.05, 0) is 19.3 Å². The molecule has 1 aliphatic heterocycles. The minimum Gasteiger partial charge on any atom is -0.342 e. The Kier molecular flexibility index (Phi) is 2.00. The SMILES string of the molecule is O=C(C1CC1(Cl)Cl)N1CCCC1. The third-order valence-corrected chi connectivity index (χ3v) is 3.38. The summed E-state index contributed by atoms with van der Waals surface area (Å²) in [6.07, 6.45) is 2.87. The molecule has 1 unspecified atom stereocenters. The Morgan fingerprint density at radius 2 is 1.83 bits per heavy atom. The van der Waals surface area contributed by atoms with Crippen LogP contribution in [0.25, 0.3) is 0 Å². The van der Waals surface area contributed by atoms with E-state index < -0.39 is 4.33 Å². The first kappa shape index (κ1) is 8.64. The van der Waals surface area contributed by atoms with Gasteiger partial charge in [0.05, 0.1) is 5.92 Å². The molecule has 1 aliphatic carbocycles. The van der Waals surface area contributed by atoms with Gasteiger partial charge < -0.3 is 4.90 Å². The van der Waals surface area contributed by atoms with Crippen LogP contribution in [0.1, 0.15) is 19.3 Å². The molecule has 1 amide bonds. The van der Waals surface area contributed by atoms with Crippen molar-refractivity contribution in [1.82, 2.24) is 4.90 Å². The number of halogens is 2. The summed E-state index contributed by atoms with van der Waals surface area (Å²) in [7, 11) is 0. The average Bonchev–Trinajstić information content (AvgIpc) is 2.56. The molecule has 0 spiro atoms. The fraction of sp³-hybridized carbons (Fsp3) is 0.875. The smallest absolute Gasteiger partial charge is 0.228 e. The first-order valence-corrected chi connectivity index (χ1v) is 5.03. The summed E-state index contributed by atoms with van der Waals surface area (Å²) in [6, 6.07) is 0. The third-order valence-electron chi connectivity index (χ3n) is 2.54. The standard InChI is InChI=1S/C8H11Cl2NO/c9-8(10)5-6(8)7(12)11-3-1-2-4-11/h6H,1-5H2. The molecule has 68 valence electrons. The Balaban J connectivity index is 1.93. The topological polar surface area (TPSA) is 20.3 Å². The van der Waals surface area contributed by atoms with E-state index in [0.717, 1.165) is 25.9 Å². The van der Waals surface area contributed by atoms with Crippen LogP contribution < -0.4 is 0 Å². The number of carbonyl (C=O) groups is 1. The van der Waals surface area contributed by atoms with Crippen LogP contribution in [0.15, 0.2) is 0 Å². The Bertz CT molecular complexity index is 204. The van der Waals surface area contributed by atoms with Crippen LogP contribution in [0.3, 0.4) is 0 Å². The first-order chi connectivity index (χ1) is 5.61. The molecule has 1 heterocycles. The van der Waals surface area contributed by atoms with E-state index in [0.29, 0.717) is 6.42 Å². The van der Waals surface area contributed by atoms with Gasteiger partial charge in [-0.3, -0.25) is 4.79 Å².